The lowest BCUT2D eigenvalue weighted by Crippen LogP contribution is -2.31. The first-order valence-corrected chi connectivity index (χ1v) is 7.84. The van der Waals surface area contributed by atoms with Crippen molar-refractivity contribution in [1.82, 2.24) is 0 Å². The van der Waals surface area contributed by atoms with Gasteiger partial charge in [-0.15, -0.1) is 0 Å². The van der Waals surface area contributed by atoms with Crippen molar-refractivity contribution in [3.05, 3.63) is 0 Å². The average Bonchev–Trinajstić information content (AvgIpc) is 2.59. The van der Waals surface area contributed by atoms with Gasteiger partial charge < -0.3 is 0 Å². The predicted octanol–water partition coefficient (Wildman–Crippen LogP) is 4.45. The Hall–Kier alpha value is 0.0649. The van der Waals surface area contributed by atoms with Crippen LogP contribution in [0.5, 0.6) is 0 Å². The molecule has 1 heteroatoms. The van der Waals surface area contributed by atoms with E-state index in [1.54, 1.807) is 0 Å². The van der Waals surface area contributed by atoms with Gasteiger partial charge in [-0.1, -0.05) is 39.4 Å². The Kier molecular flexibility index (Phi) is 3.08. The van der Waals surface area contributed by atoms with Gasteiger partial charge in [0.05, 0.1) is 7.85 Å². The third-order valence-corrected chi connectivity index (χ3v) is 6.63. The van der Waals surface area contributed by atoms with Gasteiger partial charge in [-0.05, 0) is 60.7 Å². The third kappa shape index (κ3) is 1.80. The molecule has 0 saturated heterocycles. The Bertz CT molecular complexity index is 283. The minimum absolute atomic E-state index is 0.601. The van der Waals surface area contributed by atoms with Gasteiger partial charge in [-0.3, -0.25) is 0 Å². The van der Waals surface area contributed by atoms with E-state index in [9.17, 15) is 0 Å². The van der Waals surface area contributed by atoms with E-state index < -0.39 is 0 Å². The number of hydrogen-bond donors (Lipinski definition) is 0. The highest BCUT2D eigenvalue weighted by Gasteiger charge is 2.55. The zero-order valence-electron chi connectivity index (χ0n) is 11.6. The van der Waals surface area contributed by atoms with E-state index in [-0.39, 0.29) is 0 Å². The van der Waals surface area contributed by atoms with E-state index >= 15 is 0 Å². The first-order valence-electron chi connectivity index (χ1n) is 7.84. The zero-order chi connectivity index (χ0) is 12.0. The third-order valence-electron chi connectivity index (χ3n) is 6.63. The fourth-order valence-corrected chi connectivity index (χ4v) is 5.73. The molecule has 0 spiro atoms. The molecule has 2 radical (unpaired) electrons. The molecule has 3 aliphatic rings. The molecule has 0 bridgehead atoms. The van der Waals surface area contributed by atoms with Crippen LogP contribution in [0, 0.1) is 35.0 Å². The summed E-state index contributed by atoms with van der Waals surface area (Å²) in [4.78, 5) is 0. The maximum Gasteiger partial charge on any atom is 0.0656 e. The molecule has 3 saturated carbocycles. The highest BCUT2D eigenvalue weighted by Crippen LogP contribution is 2.63. The van der Waals surface area contributed by atoms with Gasteiger partial charge in [-0.25, -0.2) is 0 Å². The highest BCUT2D eigenvalue weighted by atomic mass is 14.6. The lowest BCUT2D eigenvalue weighted by Gasteiger charge is -2.40. The van der Waals surface area contributed by atoms with Gasteiger partial charge in [0, 0.05) is 0 Å². The van der Waals surface area contributed by atoms with Crippen molar-refractivity contribution in [2.24, 2.45) is 35.0 Å². The van der Waals surface area contributed by atoms with Gasteiger partial charge in [0.1, 0.15) is 0 Å². The second-order valence-corrected chi connectivity index (χ2v) is 7.56. The van der Waals surface area contributed by atoms with Crippen LogP contribution < -0.4 is 0 Å². The molecule has 4 unspecified atom stereocenters. The molecular weight excluding hydrogens is 203 g/mol. The summed E-state index contributed by atoms with van der Waals surface area (Å²) in [7, 11) is 5.92. The first-order chi connectivity index (χ1) is 8.14. The van der Waals surface area contributed by atoms with Crippen LogP contribution in [0.1, 0.15) is 58.8 Å². The Morgan fingerprint density at radius 1 is 0.941 bits per heavy atom. The molecule has 5 atom stereocenters. The molecule has 0 aromatic rings. The van der Waals surface area contributed by atoms with Crippen LogP contribution in [0.2, 0.25) is 6.32 Å². The van der Waals surface area contributed by atoms with Crippen LogP contribution in [0.4, 0.5) is 0 Å². The Balaban J connectivity index is 1.84. The molecule has 0 amide bonds. The lowest BCUT2D eigenvalue weighted by molar-refractivity contribution is 0.106. The predicted molar refractivity (Wildman–Crippen MR) is 74.1 cm³/mol. The van der Waals surface area contributed by atoms with Crippen LogP contribution in [0.15, 0.2) is 0 Å². The minimum Gasteiger partial charge on any atom is -0.0859 e. The fourth-order valence-electron chi connectivity index (χ4n) is 5.73. The van der Waals surface area contributed by atoms with Gasteiger partial charge >= 0.3 is 0 Å². The van der Waals surface area contributed by atoms with Crippen molar-refractivity contribution in [2.45, 2.75) is 65.1 Å². The summed E-state index contributed by atoms with van der Waals surface area (Å²) in [5, 5.41) is 0. The maximum atomic E-state index is 5.92. The van der Waals surface area contributed by atoms with Crippen molar-refractivity contribution in [3.63, 3.8) is 0 Å². The molecule has 0 heterocycles. The molecule has 17 heavy (non-hydrogen) atoms. The van der Waals surface area contributed by atoms with E-state index in [0.29, 0.717) is 5.41 Å². The first kappa shape index (κ1) is 12.1. The van der Waals surface area contributed by atoms with Crippen molar-refractivity contribution in [1.29, 1.82) is 0 Å². The van der Waals surface area contributed by atoms with Gasteiger partial charge in [0.2, 0.25) is 0 Å². The van der Waals surface area contributed by atoms with Crippen molar-refractivity contribution >= 4 is 7.85 Å². The lowest BCUT2D eigenvalue weighted by atomic mass is 9.64. The molecule has 0 aromatic heterocycles. The summed E-state index contributed by atoms with van der Waals surface area (Å²) in [6, 6.07) is 0. The van der Waals surface area contributed by atoms with Crippen molar-refractivity contribution in [2.75, 3.05) is 0 Å². The molecular formula is C16H27B. The summed E-state index contributed by atoms with van der Waals surface area (Å²) in [5.41, 5.74) is 0.601. The Labute approximate surface area is 108 Å². The molecule has 3 aliphatic carbocycles. The molecule has 94 valence electrons. The van der Waals surface area contributed by atoms with E-state index in [2.05, 4.69) is 13.8 Å². The van der Waals surface area contributed by atoms with Crippen LogP contribution in [-0.2, 0) is 0 Å². The molecule has 3 fully saturated rings. The Morgan fingerprint density at radius 3 is 2.41 bits per heavy atom. The zero-order valence-corrected chi connectivity index (χ0v) is 11.6. The van der Waals surface area contributed by atoms with Crippen LogP contribution >= 0.6 is 0 Å². The largest absolute Gasteiger partial charge is 0.0859 e. The van der Waals surface area contributed by atoms with Crippen LogP contribution in [0.3, 0.4) is 0 Å². The van der Waals surface area contributed by atoms with E-state index in [1.165, 1.54) is 44.9 Å². The molecule has 0 nitrogen and oxygen atoms in total. The number of rotatable bonds is 1. The molecule has 3 rings (SSSR count). The summed E-state index contributed by atoms with van der Waals surface area (Å²) >= 11 is 0. The summed E-state index contributed by atoms with van der Waals surface area (Å²) in [5.74, 6) is 4.97. The highest BCUT2D eigenvalue weighted by molar-refractivity contribution is 6.08. The average molecular weight is 230 g/mol. The number of hydrogen-bond acceptors (Lipinski definition) is 0. The van der Waals surface area contributed by atoms with E-state index in [0.717, 1.165) is 35.9 Å². The van der Waals surface area contributed by atoms with E-state index in [4.69, 9.17) is 7.85 Å². The van der Waals surface area contributed by atoms with Crippen LogP contribution in [0.25, 0.3) is 0 Å². The maximum absolute atomic E-state index is 5.92. The smallest absolute Gasteiger partial charge is 0.0656 e. The molecule has 0 N–H and O–H groups in total. The Morgan fingerprint density at radius 2 is 1.65 bits per heavy atom. The second kappa shape index (κ2) is 4.32. The van der Waals surface area contributed by atoms with Gasteiger partial charge in [0.15, 0.2) is 0 Å². The summed E-state index contributed by atoms with van der Waals surface area (Å²) in [6.07, 6.45) is 11.3. The standard InChI is InChI=1S/C16H27B/c1-16(2)14-6-4-3-5-12(14)13-8-7-11(10-17)9-15(13)16/h11-15H,3-10H2,1-2H3/t11-,12?,13?,14?,15?/m1/s1. The summed E-state index contributed by atoms with van der Waals surface area (Å²) in [6.45, 7) is 5.14. The monoisotopic (exact) mass is 230 g/mol. The SMILES string of the molecule is [B]C[C@@H]1CCC2C3CCCCC3C(C)(C)C2C1. The van der Waals surface area contributed by atoms with Crippen molar-refractivity contribution < 1.29 is 0 Å². The topological polar surface area (TPSA) is 0 Å². The minimum atomic E-state index is 0.601. The van der Waals surface area contributed by atoms with Gasteiger partial charge in [0.25, 0.3) is 0 Å². The molecule has 0 aliphatic heterocycles. The quantitative estimate of drug-likeness (QED) is 0.584. The van der Waals surface area contributed by atoms with Crippen LogP contribution in [-0.4, -0.2) is 7.85 Å². The normalized spacial score (nSPS) is 48.5. The van der Waals surface area contributed by atoms with Gasteiger partial charge in [-0.2, -0.15) is 0 Å². The number of fused-ring (bicyclic) bond motifs is 3. The fraction of sp³-hybridized carbons (Fsp3) is 1.00. The second-order valence-electron chi connectivity index (χ2n) is 7.56. The van der Waals surface area contributed by atoms with Crippen molar-refractivity contribution in [3.8, 4) is 0 Å². The molecule has 0 aromatic carbocycles. The van der Waals surface area contributed by atoms with E-state index in [1.807, 2.05) is 0 Å². The summed E-state index contributed by atoms with van der Waals surface area (Å²) < 4.78 is 0.